The van der Waals surface area contributed by atoms with E-state index in [0.717, 1.165) is 22.4 Å². The normalized spacial score (nSPS) is 23.9. The number of hydrogen-bond donors (Lipinski definition) is 1. The van der Waals surface area contributed by atoms with Crippen molar-refractivity contribution in [2.24, 2.45) is 0 Å². The van der Waals surface area contributed by atoms with Gasteiger partial charge in [0.25, 0.3) is 5.91 Å². The van der Waals surface area contributed by atoms with Crippen LogP contribution in [0.2, 0.25) is 0 Å². The summed E-state index contributed by atoms with van der Waals surface area (Å²) < 4.78 is 4.52. The van der Waals surface area contributed by atoms with Crippen LogP contribution in [0.3, 0.4) is 0 Å². The molecule has 1 aliphatic heterocycles. The van der Waals surface area contributed by atoms with E-state index in [2.05, 4.69) is 10.1 Å². The molecule has 3 amide bonds. The summed E-state index contributed by atoms with van der Waals surface area (Å²) in [5.74, 6) is -0.991. The predicted octanol–water partition coefficient (Wildman–Crippen LogP) is 0.553. The first kappa shape index (κ1) is 12.7. The van der Waals surface area contributed by atoms with Crippen molar-refractivity contribution >= 4 is 17.9 Å². The summed E-state index contributed by atoms with van der Waals surface area (Å²) in [5, 5.41) is 2.74. The summed E-state index contributed by atoms with van der Waals surface area (Å²) >= 11 is 0. The molecule has 6 heteroatoms. The number of urea groups is 1. The number of nitrogens with one attached hydrogen (secondary N) is 1. The van der Waals surface area contributed by atoms with E-state index < -0.39 is 17.5 Å². The minimum atomic E-state index is -1.01. The summed E-state index contributed by atoms with van der Waals surface area (Å²) in [5.41, 5.74) is 0.869. The van der Waals surface area contributed by atoms with Crippen molar-refractivity contribution < 1.29 is 19.1 Å². The quantitative estimate of drug-likeness (QED) is 0.631. The van der Waals surface area contributed by atoms with Crippen LogP contribution in [0.15, 0.2) is 24.3 Å². The van der Waals surface area contributed by atoms with E-state index in [9.17, 15) is 14.4 Å². The van der Waals surface area contributed by atoms with Crippen LogP contribution in [0.4, 0.5) is 4.79 Å². The minimum absolute atomic E-state index is 0.356. The molecule has 0 aromatic heterocycles. The molecule has 1 aliphatic carbocycles. The van der Waals surface area contributed by atoms with Crippen LogP contribution in [0.25, 0.3) is 0 Å². The summed E-state index contributed by atoms with van der Waals surface area (Å²) in [6.07, 6.45) is 1.25. The molecule has 6 nitrogen and oxygen atoms in total. The van der Waals surface area contributed by atoms with Crippen molar-refractivity contribution in [3.05, 3.63) is 35.4 Å². The topological polar surface area (TPSA) is 75.7 Å². The molecule has 1 atom stereocenters. The van der Waals surface area contributed by atoms with Gasteiger partial charge in [-0.15, -0.1) is 0 Å². The average molecular weight is 274 g/mol. The van der Waals surface area contributed by atoms with E-state index in [-0.39, 0.29) is 12.5 Å². The Morgan fingerprint density at radius 2 is 2.15 bits per heavy atom. The van der Waals surface area contributed by atoms with Gasteiger partial charge in [0, 0.05) is 0 Å². The largest absolute Gasteiger partial charge is 0.468 e. The number of imide groups is 1. The van der Waals surface area contributed by atoms with Crippen molar-refractivity contribution in [3.8, 4) is 0 Å². The molecule has 1 saturated heterocycles. The summed E-state index contributed by atoms with van der Waals surface area (Å²) in [6.45, 7) is -0.356. The molecule has 1 aromatic carbocycles. The molecule has 20 heavy (non-hydrogen) atoms. The van der Waals surface area contributed by atoms with Gasteiger partial charge < -0.3 is 10.1 Å². The fourth-order valence-corrected chi connectivity index (χ4v) is 2.93. The highest BCUT2D eigenvalue weighted by molar-refractivity contribution is 6.09. The minimum Gasteiger partial charge on any atom is -0.468 e. The van der Waals surface area contributed by atoms with E-state index in [1.165, 1.54) is 7.11 Å². The Bertz CT molecular complexity index is 613. The highest BCUT2D eigenvalue weighted by Crippen LogP contribution is 2.41. The lowest BCUT2D eigenvalue weighted by Gasteiger charge is -2.22. The third-order valence-electron chi connectivity index (χ3n) is 3.94. The SMILES string of the molecule is COC(=O)CN1C(=O)NC2(CCc3ccccc32)C1=O. The average Bonchev–Trinajstić information content (AvgIpc) is 2.94. The van der Waals surface area contributed by atoms with E-state index >= 15 is 0 Å². The number of aryl methyl sites for hydroxylation is 1. The van der Waals surface area contributed by atoms with Gasteiger partial charge in [-0.3, -0.25) is 14.5 Å². The summed E-state index contributed by atoms with van der Waals surface area (Å²) in [4.78, 5) is 36.8. The van der Waals surface area contributed by atoms with Crippen LogP contribution in [0, 0.1) is 0 Å². The van der Waals surface area contributed by atoms with Crippen LogP contribution in [-0.4, -0.2) is 36.5 Å². The molecule has 104 valence electrons. The molecule has 3 rings (SSSR count). The van der Waals surface area contributed by atoms with Gasteiger partial charge >= 0.3 is 12.0 Å². The maximum Gasteiger partial charge on any atom is 0.325 e. The number of amides is 3. The predicted molar refractivity (Wildman–Crippen MR) is 68.7 cm³/mol. The number of rotatable bonds is 2. The number of carbonyl (C=O) groups excluding carboxylic acids is 3. The van der Waals surface area contributed by atoms with Gasteiger partial charge in [-0.05, 0) is 24.0 Å². The molecule has 1 spiro atoms. The van der Waals surface area contributed by atoms with Gasteiger partial charge in [-0.2, -0.15) is 0 Å². The molecule has 1 fully saturated rings. The molecule has 0 radical (unpaired) electrons. The Morgan fingerprint density at radius 1 is 1.40 bits per heavy atom. The molecular formula is C14H14N2O4. The lowest BCUT2D eigenvalue weighted by Crippen LogP contribution is -2.42. The van der Waals surface area contributed by atoms with Gasteiger partial charge in [0.1, 0.15) is 12.1 Å². The van der Waals surface area contributed by atoms with Crippen LogP contribution in [0.1, 0.15) is 17.5 Å². The smallest absolute Gasteiger partial charge is 0.325 e. The number of fused-ring (bicyclic) bond motifs is 2. The fourth-order valence-electron chi connectivity index (χ4n) is 2.93. The standard InChI is InChI=1S/C14H14N2O4/c1-20-11(17)8-16-12(18)14(15-13(16)19)7-6-9-4-2-3-5-10(9)14/h2-5H,6-8H2,1H3,(H,15,19). The van der Waals surface area contributed by atoms with E-state index in [1.807, 2.05) is 24.3 Å². The molecule has 1 N–H and O–H groups in total. The van der Waals surface area contributed by atoms with Crippen molar-refractivity contribution in [3.63, 3.8) is 0 Å². The summed E-state index contributed by atoms with van der Waals surface area (Å²) in [7, 11) is 1.22. The van der Waals surface area contributed by atoms with E-state index in [0.29, 0.717) is 6.42 Å². The van der Waals surface area contributed by atoms with E-state index in [4.69, 9.17) is 0 Å². The first-order valence-corrected chi connectivity index (χ1v) is 6.38. The lowest BCUT2D eigenvalue weighted by molar-refractivity contribution is -0.145. The molecule has 0 saturated carbocycles. The second kappa shape index (κ2) is 4.33. The monoisotopic (exact) mass is 274 g/mol. The van der Waals surface area contributed by atoms with Crippen molar-refractivity contribution in [2.75, 3.05) is 13.7 Å². The number of nitrogens with zero attached hydrogens (tertiary/aromatic N) is 1. The zero-order valence-electron chi connectivity index (χ0n) is 11.0. The molecular weight excluding hydrogens is 260 g/mol. The Labute approximate surface area is 115 Å². The summed E-state index contributed by atoms with van der Waals surface area (Å²) in [6, 6.07) is 7.01. The first-order chi connectivity index (χ1) is 9.58. The van der Waals surface area contributed by atoms with Gasteiger partial charge in [-0.25, -0.2) is 4.79 Å². The Balaban J connectivity index is 1.96. The van der Waals surface area contributed by atoms with Gasteiger partial charge in [0.2, 0.25) is 0 Å². The number of esters is 1. The Hall–Kier alpha value is -2.37. The van der Waals surface area contributed by atoms with Gasteiger partial charge in [-0.1, -0.05) is 24.3 Å². The lowest BCUT2D eigenvalue weighted by atomic mass is 9.92. The van der Waals surface area contributed by atoms with Crippen LogP contribution < -0.4 is 5.32 Å². The van der Waals surface area contributed by atoms with E-state index in [1.54, 1.807) is 0 Å². The van der Waals surface area contributed by atoms with Crippen molar-refractivity contribution in [2.45, 2.75) is 18.4 Å². The number of hydrogen-bond acceptors (Lipinski definition) is 4. The van der Waals surface area contributed by atoms with Crippen molar-refractivity contribution in [1.82, 2.24) is 10.2 Å². The third kappa shape index (κ3) is 1.61. The molecule has 1 unspecified atom stereocenters. The molecule has 2 aliphatic rings. The molecule has 1 heterocycles. The van der Waals surface area contributed by atoms with Crippen molar-refractivity contribution in [1.29, 1.82) is 0 Å². The number of benzene rings is 1. The first-order valence-electron chi connectivity index (χ1n) is 6.38. The van der Waals surface area contributed by atoms with Crippen LogP contribution >= 0.6 is 0 Å². The zero-order chi connectivity index (χ0) is 14.3. The van der Waals surface area contributed by atoms with Crippen LogP contribution in [-0.2, 0) is 26.3 Å². The molecule has 1 aromatic rings. The zero-order valence-corrected chi connectivity index (χ0v) is 11.0. The number of ether oxygens (including phenoxy) is 1. The third-order valence-corrected chi connectivity index (χ3v) is 3.94. The number of carbonyl (C=O) groups is 3. The second-order valence-electron chi connectivity index (χ2n) is 4.96. The molecule has 0 bridgehead atoms. The maximum absolute atomic E-state index is 12.6. The van der Waals surface area contributed by atoms with Gasteiger partial charge in [0.15, 0.2) is 0 Å². The highest BCUT2D eigenvalue weighted by Gasteiger charge is 2.55. The fraction of sp³-hybridized carbons (Fsp3) is 0.357. The second-order valence-corrected chi connectivity index (χ2v) is 4.96. The van der Waals surface area contributed by atoms with Crippen LogP contribution in [0.5, 0.6) is 0 Å². The maximum atomic E-state index is 12.6. The van der Waals surface area contributed by atoms with Gasteiger partial charge in [0.05, 0.1) is 7.11 Å². The number of methoxy groups -OCH3 is 1. The highest BCUT2D eigenvalue weighted by atomic mass is 16.5. The Morgan fingerprint density at radius 3 is 2.90 bits per heavy atom. The Kier molecular flexibility index (Phi) is 2.74.